The van der Waals surface area contributed by atoms with Gasteiger partial charge in [-0.2, -0.15) is 9.78 Å². The van der Waals surface area contributed by atoms with Crippen LogP contribution in [0.2, 0.25) is 0 Å². The van der Waals surface area contributed by atoms with Gasteiger partial charge in [0.05, 0.1) is 27.7 Å². The number of phenols is 1. The van der Waals surface area contributed by atoms with E-state index in [4.69, 9.17) is 4.84 Å². The van der Waals surface area contributed by atoms with Crippen LogP contribution in [0, 0.1) is 17.0 Å². The SMILES string of the molecule is C=C(NOCc1nc2ccccc2c(=O)n1/N=C\c1cc(C)cc([N+](=O)[O-])c1O)c1ccccc1. The summed E-state index contributed by atoms with van der Waals surface area (Å²) < 4.78 is 1.03. The lowest BCUT2D eigenvalue weighted by Crippen LogP contribution is -2.24. The van der Waals surface area contributed by atoms with E-state index in [1.165, 1.54) is 18.3 Å². The molecule has 0 aliphatic rings. The molecule has 0 saturated carbocycles. The molecule has 0 unspecified atom stereocenters. The number of hydrogen-bond donors (Lipinski definition) is 2. The molecular weight excluding hydrogens is 450 g/mol. The Balaban J connectivity index is 1.68. The van der Waals surface area contributed by atoms with E-state index < -0.39 is 21.9 Å². The van der Waals surface area contributed by atoms with Crippen molar-refractivity contribution in [2.24, 2.45) is 5.10 Å². The highest BCUT2D eigenvalue weighted by molar-refractivity contribution is 5.86. The van der Waals surface area contributed by atoms with Gasteiger partial charge in [-0.1, -0.05) is 49.0 Å². The fraction of sp³-hybridized carbons (Fsp3) is 0.0800. The number of nitrogens with zero attached hydrogens (tertiary/aromatic N) is 4. The molecule has 0 aliphatic carbocycles. The highest BCUT2D eigenvalue weighted by Gasteiger charge is 2.18. The number of phenolic OH excluding ortho intramolecular Hbond substituents is 1. The summed E-state index contributed by atoms with van der Waals surface area (Å²) in [6.07, 6.45) is 1.17. The van der Waals surface area contributed by atoms with Crippen LogP contribution >= 0.6 is 0 Å². The number of para-hydroxylation sites is 1. The average molecular weight is 471 g/mol. The molecule has 176 valence electrons. The summed E-state index contributed by atoms with van der Waals surface area (Å²) in [7, 11) is 0. The Morgan fingerprint density at radius 2 is 1.94 bits per heavy atom. The molecule has 4 rings (SSSR count). The van der Waals surface area contributed by atoms with Crippen LogP contribution in [0.5, 0.6) is 5.75 Å². The van der Waals surface area contributed by atoms with Crippen molar-refractivity contribution in [2.75, 3.05) is 0 Å². The Kier molecular flexibility index (Phi) is 6.65. The standard InChI is InChI=1S/C25H21N5O5/c1-16-12-19(24(31)22(13-16)30(33)34)14-26-29-23(27-21-11-7-6-10-20(21)25(29)32)15-35-28-17(2)18-8-4-3-5-9-18/h3-14,28,31H,2,15H2,1H3/b26-14-. The number of benzene rings is 3. The molecule has 10 heteroatoms. The van der Waals surface area contributed by atoms with Crippen molar-refractivity contribution < 1.29 is 14.9 Å². The molecule has 0 fully saturated rings. The Morgan fingerprint density at radius 3 is 2.69 bits per heavy atom. The van der Waals surface area contributed by atoms with Crippen molar-refractivity contribution >= 4 is 28.5 Å². The van der Waals surface area contributed by atoms with Crippen molar-refractivity contribution in [1.29, 1.82) is 0 Å². The number of hydrogen-bond acceptors (Lipinski definition) is 8. The number of aryl methyl sites for hydroxylation is 1. The largest absolute Gasteiger partial charge is 0.502 e. The van der Waals surface area contributed by atoms with E-state index in [-0.39, 0.29) is 18.0 Å². The fourth-order valence-electron chi connectivity index (χ4n) is 3.41. The molecule has 1 aromatic heterocycles. The van der Waals surface area contributed by atoms with E-state index in [2.05, 4.69) is 22.1 Å². The van der Waals surface area contributed by atoms with Gasteiger partial charge in [-0.3, -0.25) is 25.2 Å². The van der Waals surface area contributed by atoms with Gasteiger partial charge in [0.25, 0.3) is 5.56 Å². The van der Waals surface area contributed by atoms with Crippen molar-refractivity contribution in [3.8, 4) is 5.75 Å². The zero-order valence-corrected chi connectivity index (χ0v) is 18.7. The van der Waals surface area contributed by atoms with E-state index in [0.29, 0.717) is 22.2 Å². The molecule has 0 amide bonds. The van der Waals surface area contributed by atoms with Gasteiger partial charge < -0.3 is 5.11 Å². The number of nitro groups is 1. The molecule has 35 heavy (non-hydrogen) atoms. The van der Waals surface area contributed by atoms with Crippen LogP contribution in [0.15, 0.2) is 83.2 Å². The molecular formula is C25H21N5O5. The Bertz CT molecular complexity index is 1510. The predicted molar refractivity (Wildman–Crippen MR) is 132 cm³/mol. The van der Waals surface area contributed by atoms with Gasteiger partial charge in [0.2, 0.25) is 5.75 Å². The van der Waals surface area contributed by atoms with Gasteiger partial charge in [-0.15, -0.1) is 0 Å². The number of fused-ring (bicyclic) bond motifs is 1. The third-order valence-corrected chi connectivity index (χ3v) is 5.11. The number of nitrogens with one attached hydrogen (secondary N) is 1. The van der Waals surface area contributed by atoms with Gasteiger partial charge in [0.15, 0.2) is 5.82 Å². The Labute approximate surface area is 199 Å². The lowest BCUT2D eigenvalue weighted by Gasteiger charge is -2.12. The van der Waals surface area contributed by atoms with Gasteiger partial charge in [0.1, 0.15) is 6.61 Å². The minimum absolute atomic E-state index is 0.0826. The maximum absolute atomic E-state index is 13.2. The molecule has 0 spiro atoms. The molecule has 0 aliphatic heterocycles. The van der Waals surface area contributed by atoms with Crippen LogP contribution in [0.25, 0.3) is 16.6 Å². The highest BCUT2D eigenvalue weighted by atomic mass is 16.6. The maximum Gasteiger partial charge on any atom is 0.311 e. The van der Waals surface area contributed by atoms with E-state index in [0.717, 1.165) is 10.2 Å². The predicted octanol–water partition coefficient (Wildman–Crippen LogP) is 3.89. The minimum Gasteiger partial charge on any atom is -0.502 e. The molecule has 3 aromatic carbocycles. The molecule has 4 aromatic rings. The first-order chi connectivity index (χ1) is 16.8. The topological polar surface area (TPSA) is 132 Å². The van der Waals surface area contributed by atoms with Crippen molar-refractivity contribution in [3.63, 3.8) is 0 Å². The normalized spacial score (nSPS) is 11.1. The smallest absolute Gasteiger partial charge is 0.311 e. The molecule has 1 heterocycles. The summed E-state index contributed by atoms with van der Waals surface area (Å²) in [5, 5.41) is 26.1. The first-order valence-corrected chi connectivity index (χ1v) is 10.5. The van der Waals surface area contributed by atoms with Crippen LogP contribution in [-0.2, 0) is 11.4 Å². The number of aromatic nitrogens is 2. The number of aromatic hydroxyl groups is 1. The van der Waals surface area contributed by atoms with Crippen LogP contribution < -0.4 is 11.0 Å². The minimum atomic E-state index is -0.687. The molecule has 0 atom stereocenters. The van der Waals surface area contributed by atoms with Crippen LogP contribution in [0.1, 0.15) is 22.5 Å². The monoisotopic (exact) mass is 471 g/mol. The second kappa shape index (κ2) is 9.98. The Morgan fingerprint density at radius 1 is 1.23 bits per heavy atom. The lowest BCUT2D eigenvalue weighted by atomic mass is 10.1. The van der Waals surface area contributed by atoms with E-state index >= 15 is 0 Å². The Hall–Kier alpha value is -4.83. The summed E-state index contributed by atoms with van der Waals surface area (Å²) in [5.41, 5.74) is 4.24. The second-order valence-electron chi connectivity index (χ2n) is 7.62. The van der Waals surface area contributed by atoms with Crippen LogP contribution in [-0.4, -0.2) is 25.9 Å². The lowest BCUT2D eigenvalue weighted by molar-refractivity contribution is -0.385. The summed E-state index contributed by atoms with van der Waals surface area (Å²) >= 11 is 0. The van der Waals surface area contributed by atoms with E-state index in [9.17, 15) is 20.0 Å². The summed E-state index contributed by atoms with van der Waals surface area (Å²) in [6, 6.07) is 18.9. The molecule has 2 N–H and O–H groups in total. The maximum atomic E-state index is 13.2. The van der Waals surface area contributed by atoms with Crippen molar-refractivity contribution in [3.05, 3.63) is 116 Å². The van der Waals surface area contributed by atoms with Crippen molar-refractivity contribution in [1.82, 2.24) is 15.1 Å². The molecule has 0 bridgehead atoms. The quantitative estimate of drug-likeness (QED) is 0.226. The fourth-order valence-corrected chi connectivity index (χ4v) is 3.41. The average Bonchev–Trinajstić information content (AvgIpc) is 2.85. The van der Waals surface area contributed by atoms with Gasteiger partial charge in [-0.05, 0) is 36.2 Å². The van der Waals surface area contributed by atoms with E-state index in [1.807, 2.05) is 30.3 Å². The van der Waals surface area contributed by atoms with Crippen molar-refractivity contribution in [2.45, 2.75) is 13.5 Å². The van der Waals surface area contributed by atoms with Crippen LogP contribution in [0.3, 0.4) is 0 Å². The van der Waals surface area contributed by atoms with E-state index in [1.54, 1.807) is 31.2 Å². The summed E-state index contributed by atoms with van der Waals surface area (Å²) in [5.74, 6) is -0.385. The zero-order valence-electron chi connectivity index (χ0n) is 18.7. The molecule has 10 nitrogen and oxygen atoms in total. The zero-order chi connectivity index (χ0) is 24.9. The van der Waals surface area contributed by atoms with Gasteiger partial charge in [0, 0.05) is 11.6 Å². The molecule has 0 saturated heterocycles. The van der Waals surface area contributed by atoms with Gasteiger partial charge in [-0.25, -0.2) is 4.98 Å². The first-order valence-electron chi connectivity index (χ1n) is 10.5. The molecule has 0 radical (unpaired) electrons. The van der Waals surface area contributed by atoms with Crippen LogP contribution in [0.4, 0.5) is 5.69 Å². The van der Waals surface area contributed by atoms with Gasteiger partial charge >= 0.3 is 5.69 Å². The first kappa shape index (κ1) is 23.3. The number of nitro benzene ring substituents is 1. The highest BCUT2D eigenvalue weighted by Crippen LogP contribution is 2.30. The third kappa shape index (κ3) is 5.07. The number of rotatable bonds is 8. The summed E-state index contributed by atoms with van der Waals surface area (Å²) in [6.45, 7) is 5.43. The number of hydroxylamine groups is 1. The summed E-state index contributed by atoms with van der Waals surface area (Å²) in [4.78, 5) is 33.7. The second-order valence-corrected chi connectivity index (χ2v) is 7.62. The third-order valence-electron chi connectivity index (χ3n) is 5.11.